The van der Waals surface area contributed by atoms with E-state index >= 15 is 0 Å². The van der Waals surface area contributed by atoms with Crippen LogP contribution in [0.25, 0.3) is 0 Å². The Labute approximate surface area is 185 Å². The van der Waals surface area contributed by atoms with Gasteiger partial charge in [0.15, 0.2) is 9.84 Å². The van der Waals surface area contributed by atoms with Crippen molar-refractivity contribution < 1.29 is 18.0 Å². The monoisotopic (exact) mass is 454 g/mol. The van der Waals surface area contributed by atoms with Crippen LogP contribution in [0.1, 0.15) is 26.3 Å². The quantitative estimate of drug-likeness (QED) is 0.640. The predicted octanol–water partition coefficient (Wildman–Crippen LogP) is 4.20. The number of anilines is 2. The molecule has 0 aliphatic carbocycles. The number of carbonyl (C=O) groups excluding carboxylic acids is 2. The van der Waals surface area contributed by atoms with Gasteiger partial charge in [0, 0.05) is 35.3 Å². The first kappa shape index (κ1) is 21.1. The Bertz CT molecular complexity index is 1290. The molecule has 3 aromatic rings. The molecule has 1 aliphatic rings. The van der Waals surface area contributed by atoms with E-state index in [4.69, 9.17) is 11.6 Å². The van der Waals surface area contributed by atoms with Gasteiger partial charge in [-0.05, 0) is 60.5 Å². The van der Waals surface area contributed by atoms with Crippen LogP contribution in [0.15, 0.2) is 71.6 Å². The van der Waals surface area contributed by atoms with Crippen LogP contribution in [0.4, 0.5) is 11.4 Å². The molecule has 0 bridgehead atoms. The number of carbonyl (C=O) groups is 2. The Hall–Kier alpha value is -3.16. The van der Waals surface area contributed by atoms with Crippen molar-refractivity contribution >= 4 is 44.6 Å². The first-order chi connectivity index (χ1) is 14.7. The first-order valence-corrected chi connectivity index (χ1v) is 11.8. The van der Waals surface area contributed by atoms with Crippen LogP contribution in [0.2, 0.25) is 5.02 Å². The van der Waals surface area contributed by atoms with Gasteiger partial charge in [0.1, 0.15) is 0 Å². The molecular weight excluding hydrogens is 436 g/mol. The van der Waals surface area contributed by atoms with Crippen molar-refractivity contribution in [2.24, 2.45) is 0 Å². The van der Waals surface area contributed by atoms with E-state index in [1.54, 1.807) is 29.2 Å². The number of rotatable bonds is 4. The van der Waals surface area contributed by atoms with Gasteiger partial charge in [0.2, 0.25) is 0 Å². The summed E-state index contributed by atoms with van der Waals surface area (Å²) in [4.78, 5) is 27.1. The summed E-state index contributed by atoms with van der Waals surface area (Å²) in [6, 6.07) is 18.5. The minimum absolute atomic E-state index is 0.0606. The van der Waals surface area contributed by atoms with Crippen molar-refractivity contribution in [3.8, 4) is 0 Å². The summed E-state index contributed by atoms with van der Waals surface area (Å²) in [5.74, 6) is -0.576. The maximum atomic E-state index is 12.9. The summed E-state index contributed by atoms with van der Waals surface area (Å²) in [5, 5.41) is 2.77. The van der Waals surface area contributed by atoms with Gasteiger partial charge in [-0.25, -0.2) is 8.42 Å². The number of sulfone groups is 1. The Balaban J connectivity index is 1.49. The van der Waals surface area contributed by atoms with E-state index in [1.165, 1.54) is 18.2 Å². The summed E-state index contributed by atoms with van der Waals surface area (Å²) in [7, 11) is -3.56. The Kier molecular flexibility index (Phi) is 5.56. The third kappa shape index (κ3) is 4.33. The molecule has 0 saturated heterocycles. The van der Waals surface area contributed by atoms with E-state index in [1.807, 2.05) is 24.3 Å². The van der Waals surface area contributed by atoms with Gasteiger partial charge in [-0.3, -0.25) is 9.59 Å². The number of halogens is 1. The molecule has 0 aromatic heterocycles. The van der Waals surface area contributed by atoms with Crippen LogP contribution in [0.3, 0.4) is 0 Å². The van der Waals surface area contributed by atoms with Crippen molar-refractivity contribution in [2.45, 2.75) is 11.3 Å². The van der Waals surface area contributed by atoms with Gasteiger partial charge in [-0.2, -0.15) is 0 Å². The van der Waals surface area contributed by atoms with Crippen LogP contribution in [-0.4, -0.2) is 33.0 Å². The summed E-state index contributed by atoms with van der Waals surface area (Å²) in [5.41, 5.74) is 3.24. The largest absolute Gasteiger partial charge is 0.322 e. The summed E-state index contributed by atoms with van der Waals surface area (Å²) >= 11 is 5.93. The van der Waals surface area contributed by atoms with Crippen molar-refractivity contribution in [2.75, 3.05) is 23.0 Å². The second kappa shape index (κ2) is 8.17. The topological polar surface area (TPSA) is 83.5 Å². The van der Waals surface area contributed by atoms with Crippen LogP contribution < -0.4 is 10.2 Å². The summed E-state index contributed by atoms with van der Waals surface area (Å²) in [6.45, 7) is 0.635. The average Bonchev–Trinajstić information content (AvgIpc) is 3.17. The molecule has 31 heavy (non-hydrogen) atoms. The molecule has 0 atom stereocenters. The molecule has 3 aromatic carbocycles. The lowest BCUT2D eigenvalue weighted by molar-refractivity contribution is 0.0988. The predicted molar refractivity (Wildman–Crippen MR) is 121 cm³/mol. The van der Waals surface area contributed by atoms with Gasteiger partial charge in [-0.1, -0.05) is 29.8 Å². The number of fused-ring (bicyclic) bond motifs is 1. The zero-order chi connectivity index (χ0) is 22.2. The number of nitrogens with zero attached hydrogens (tertiary/aromatic N) is 1. The smallest absolute Gasteiger partial charge is 0.258 e. The highest BCUT2D eigenvalue weighted by Gasteiger charge is 2.25. The van der Waals surface area contributed by atoms with Gasteiger partial charge in [0.05, 0.1) is 9.92 Å². The molecule has 0 saturated carbocycles. The van der Waals surface area contributed by atoms with E-state index < -0.39 is 15.7 Å². The van der Waals surface area contributed by atoms with Crippen LogP contribution >= 0.6 is 11.6 Å². The van der Waals surface area contributed by atoms with Crippen molar-refractivity contribution in [1.29, 1.82) is 0 Å². The third-order valence-electron chi connectivity index (χ3n) is 5.11. The van der Waals surface area contributed by atoms with E-state index in [-0.39, 0.29) is 21.4 Å². The molecule has 1 heterocycles. The molecule has 2 amide bonds. The molecule has 0 unspecified atom stereocenters. The normalized spacial score (nSPS) is 13.0. The number of hydrogen-bond donors (Lipinski definition) is 1. The minimum atomic E-state index is -3.56. The second-order valence-electron chi connectivity index (χ2n) is 7.28. The van der Waals surface area contributed by atoms with Crippen molar-refractivity contribution in [3.05, 3.63) is 88.4 Å². The highest BCUT2D eigenvalue weighted by Crippen LogP contribution is 2.29. The molecule has 6 nitrogen and oxygen atoms in total. The molecule has 0 radical (unpaired) electrons. The number of nitrogens with one attached hydrogen (secondary N) is 1. The lowest BCUT2D eigenvalue weighted by Gasteiger charge is -2.17. The van der Waals surface area contributed by atoms with Crippen molar-refractivity contribution in [1.82, 2.24) is 0 Å². The minimum Gasteiger partial charge on any atom is -0.322 e. The van der Waals surface area contributed by atoms with E-state index in [9.17, 15) is 18.0 Å². The molecule has 0 spiro atoms. The molecule has 1 N–H and O–H groups in total. The fourth-order valence-electron chi connectivity index (χ4n) is 3.53. The molecule has 0 fully saturated rings. The molecule has 4 rings (SSSR count). The van der Waals surface area contributed by atoms with Gasteiger partial charge in [0.25, 0.3) is 11.8 Å². The van der Waals surface area contributed by atoms with E-state index in [0.717, 1.165) is 23.9 Å². The maximum Gasteiger partial charge on any atom is 0.258 e. The second-order valence-corrected chi connectivity index (χ2v) is 9.68. The first-order valence-electron chi connectivity index (χ1n) is 9.55. The highest BCUT2D eigenvalue weighted by molar-refractivity contribution is 7.90. The standard InChI is InChI=1S/C23H19ClN2O4S/c1-31(29,30)21-14-17(8-11-19(21)24)22(27)25-18-9-6-16(7-10-18)23(28)26-13-12-15-4-2-3-5-20(15)26/h2-11,14H,12-13H2,1H3,(H,25,27). The fourth-order valence-corrected chi connectivity index (χ4v) is 4.83. The van der Waals surface area contributed by atoms with Gasteiger partial charge >= 0.3 is 0 Å². The van der Waals surface area contributed by atoms with Crippen LogP contribution in [0.5, 0.6) is 0 Å². The number of para-hydroxylation sites is 1. The van der Waals surface area contributed by atoms with Gasteiger partial charge < -0.3 is 10.2 Å². The van der Waals surface area contributed by atoms with Crippen molar-refractivity contribution in [3.63, 3.8) is 0 Å². The number of hydrogen-bond acceptors (Lipinski definition) is 4. The van der Waals surface area contributed by atoms with Crippen LogP contribution in [0, 0.1) is 0 Å². The maximum absolute atomic E-state index is 12.9. The average molecular weight is 455 g/mol. The number of amides is 2. The molecule has 8 heteroatoms. The Morgan fingerprint density at radius 2 is 1.65 bits per heavy atom. The zero-order valence-corrected chi connectivity index (χ0v) is 18.2. The summed E-state index contributed by atoms with van der Waals surface area (Å²) < 4.78 is 23.6. The SMILES string of the molecule is CS(=O)(=O)c1cc(C(=O)Nc2ccc(C(=O)N3CCc4ccccc43)cc2)ccc1Cl. The molecular formula is C23H19ClN2O4S. The molecule has 1 aliphatic heterocycles. The fraction of sp³-hybridized carbons (Fsp3) is 0.130. The van der Waals surface area contributed by atoms with Crippen LogP contribution in [-0.2, 0) is 16.3 Å². The Morgan fingerprint density at radius 3 is 2.35 bits per heavy atom. The third-order valence-corrected chi connectivity index (χ3v) is 6.69. The lowest BCUT2D eigenvalue weighted by Crippen LogP contribution is -2.28. The molecule has 158 valence electrons. The van der Waals surface area contributed by atoms with E-state index in [2.05, 4.69) is 5.32 Å². The van der Waals surface area contributed by atoms with E-state index in [0.29, 0.717) is 17.8 Å². The highest BCUT2D eigenvalue weighted by atomic mass is 35.5. The van der Waals surface area contributed by atoms with Gasteiger partial charge in [-0.15, -0.1) is 0 Å². The Morgan fingerprint density at radius 1 is 0.968 bits per heavy atom. The zero-order valence-electron chi connectivity index (χ0n) is 16.6. The lowest BCUT2D eigenvalue weighted by atomic mass is 10.1. The summed E-state index contributed by atoms with van der Waals surface area (Å²) in [6.07, 6.45) is 1.86. The number of benzene rings is 3.